The van der Waals surface area contributed by atoms with Gasteiger partial charge in [-0.3, -0.25) is 9.80 Å². The Bertz CT molecular complexity index is 382. The van der Waals surface area contributed by atoms with Crippen LogP contribution in [0, 0.1) is 0 Å². The number of hydrogen-bond acceptors (Lipinski definition) is 5. The van der Waals surface area contributed by atoms with Crippen molar-refractivity contribution in [1.29, 1.82) is 0 Å². The molecule has 0 atom stereocenters. The molecule has 1 aromatic heterocycles. The van der Waals surface area contributed by atoms with Crippen LogP contribution in [0.1, 0.15) is 10.5 Å². The predicted octanol–water partition coefficient (Wildman–Crippen LogP) is -1.66. The third-order valence-electron chi connectivity index (χ3n) is 1.55. The van der Waals surface area contributed by atoms with Gasteiger partial charge in [-0.05, 0) is 0 Å². The minimum Gasteiger partial charge on any atom is -0.383 e. The van der Waals surface area contributed by atoms with Crippen LogP contribution in [-0.2, 0) is 0 Å². The zero-order chi connectivity index (χ0) is 10.9. The summed E-state index contributed by atoms with van der Waals surface area (Å²) >= 11 is 0. The number of carbonyl (C=O) groups is 2. The molecule has 0 aromatic carbocycles. The Morgan fingerprint density at radius 2 is 2.14 bits per heavy atom. The average molecular weight is 198 g/mol. The average Bonchev–Trinajstić information content (AvgIpc) is 2.45. The quantitative estimate of drug-likeness (QED) is 0.282. The number of hydrogen-bond donors (Lipinski definition) is 3. The van der Waals surface area contributed by atoms with Gasteiger partial charge >= 0.3 is 6.03 Å². The van der Waals surface area contributed by atoms with Gasteiger partial charge in [0.05, 0.1) is 0 Å². The number of primary amides is 1. The van der Waals surface area contributed by atoms with Crippen LogP contribution in [0.15, 0.2) is 6.33 Å². The lowest BCUT2D eigenvalue weighted by atomic mass is 10.4. The van der Waals surface area contributed by atoms with E-state index in [2.05, 4.69) is 4.98 Å². The standard InChI is InChI=1S/C6H10N6O2/c1-11(9)6(14)12-2-10-3(4(12)7)5(8)13/h2H,7,9H2,1H3,(H2,8,13). The molecular weight excluding hydrogens is 188 g/mol. The van der Waals surface area contributed by atoms with Gasteiger partial charge in [0.15, 0.2) is 5.69 Å². The first-order valence-electron chi connectivity index (χ1n) is 3.60. The summed E-state index contributed by atoms with van der Waals surface area (Å²) in [7, 11) is 1.34. The maximum Gasteiger partial charge on any atom is 0.344 e. The Labute approximate surface area is 79.2 Å². The fourth-order valence-electron chi connectivity index (χ4n) is 0.870. The smallest absolute Gasteiger partial charge is 0.344 e. The molecule has 8 nitrogen and oxygen atoms in total. The minimum atomic E-state index is -0.797. The van der Waals surface area contributed by atoms with E-state index in [1.807, 2.05) is 0 Å². The zero-order valence-electron chi connectivity index (χ0n) is 7.47. The van der Waals surface area contributed by atoms with Crippen molar-refractivity contribution >= 4 is 17.8 Å². The van der Waals surface area contributed by atoms with E-state index >= 15 is 0 Å². The van der Waals surface area contributed by atoms with E-state index in [9.17, 15) is 9.59 Å². The van der Waals surface area contributed by atoms with Gasteiger partial charge in [-0.2, -0.15) is 0 Å². The van der Waals surface area contributed by atoms with Crippen molar-refractivity contribution in [2.24, 2.45) is 11.6 Å². The molecule has 0 saturated carbocycles. The lowest BCUT2D eigenvalue weighted by Gasteiger charge is -2.10. The maximum atomic E-state index is 11.3. The van der Waals surface area contributed by atoms with E-state index in [0.29, 0.717) is 0 Å². The largest absolute Gasteiger partial charge is 0.383 e. The fraction of sp³-hybridized carbons (Fsp3) is 0.167. The van der Waals surface area contributed by atoms with Crippen LogP contribution in [-0.4, -0.2) is 33.5 Å². The Kier molecular flexibility index (Phi) is 2.38. The van der Waals surface area contributed by atoms with Crippen LogP contribution in [0.3, 0.4) is 0 Å². The number of anilines is 1. The van der Waals surface area contributed by atoms with Crippen LogP contribution >= 0.6 is 0 Å². The summed E-state index contributed by atoms with van der Waals surface area (Å²) in [5.41, 5.74) is 10.2. The van der Waals surface area contributed by atoms with E-state index in [1.54, 1.807) is 0 Å². The second kappa shape index (κ2) is 3.34. The van der Waals surface area contributed by atoms with E-state index in [0.717, 1.165) is 15.9 Å². The summed E-state index contributed by atoms with van der Waals surface area (Å²) in [6.45, 7) is 0. The summed E-state index contributed by atoms with van der Waals surface area (Å²) in [5.74, 6) is 4.26. The number of hydrazine groups is 1. The first-order valence-corrected chi connectivity index (χ1v) is 3.60. The number of nitrogen functional groups attached to an aromatic ring is 1. The van der Waals surface area contributed by atoms with Crippen LogP contribution in [0.25, 0.3) is 0 Å². The van der Waals surface area contributed by atoms with Gasteiger partial charge in [0.1, 0.15) is 12.1 Å². The molecule has 1 heterocycles. The normalized spacial score (nSPS) is 9.86. The zero-order valence-corrected chi connectivity index (χ0v) is 7.47. The topological polar surface area (TPSA) is 133 Å². The molecule has 2 amide bonds. The van der Waals surface area contributed by atoms with Gasteiger partial charge < -0.3 is 11.5 Å². The van der Waals surface area contributed by atoms with Crippen molar-refractivity contribution < 1.29 is 9.59 Å². The molecule has 0 radical (unpaired) electrons. The van der Waals surface area contributed by atoms with Crippen molar-refractivity contribution in [3.05, 3.63) is 12.0 Å². The molecule has 0 saturated heterocycles. The van der Waals surface area contributed by atoms with E-state index in [-0.39, 0.29) is 11.5 Å². The van der Waals surface area contributed by atoms with E-state index < -0.39 is 11.9 Å². The SMILES string of the molecule is CN(N)C(=O)n1cnc(C(N)=O)c1N. The molecule has 76 valence electrons. The summed E-state index contributed by atoms with van der Waals surface area (Å²) < 4.78 is 0.931. The van der Waals surface area contributed by atoms with E-state index in [1.165, 1.54) is 7.05 Å². The summed E-state index contributed by atoms with van der Waals surface area (Å²) in [4.78, 5) is 25.6. The van der Waals surface area contributed by atoms with Crippen molar-refractivity contribution in [1.82, 2.24) is 14.6 Å². The highest BCUT2D eigenvalue weighted by atomic mass is 16.2. The molecular formula is C6H10N6O2. The maximum absolute atomic E-state index is 11.3. The van der Waals surface area contributed by atoms with Crippen LogP contribution in [0.5, 0.6) is 0 Å². The highest BCUT2D eigenvalue weighted by Crippen LogP contribution is 2.09. The third kappa shape index (κ3) is 1.50. The second-order valence-electron chi connectivity index (χ2n) is 2.61. The lowest BCUT2D eigenvalue weighted by Crippen LogP contribution is -2.37. The molecule has 0 spiro atoms. The van der Waals surface area contributed by atoms with Crippen LogP contribution in [0.4, 0.5) is 10.6 Å². The number of amides is 2. The first-order chi connectivity index (χ1) is 6.45. The van der Waals surface area contributed by atoms with Crippen molar-refractivity contribution in [3.63, 3.8) is 0 Å². The number of imidazole rings is 1. The third-order valence-corrected chi connectivity index (χ3v) is 1.55. The van der Waals surface area contributed by atoms with Crippen molar-refractivity contribution in [2.75, 3.05) is 12.8 Å². The molecule has 1 aromatic rings. The Balaban J connectivity index is 3.13. The molecule has 1 rings (SSSR count). The molecule has 8 heteroatoms. The first kappa shape index (κ1) is 9.99. The Morgan fingerprint density at radius 1 is 1.57 bits per heavy atom. The molecule has 14 heavy (non-hydrogen) atoms. The molecule has 0 unspecified atom stereocenters. The lowest BCUT2D eigenvalue weighted by molar-refractivity contribution is 0.0997. The summed E-state index contributed by atoms with van der Waals surface area (Å²) in [6.07, 6.45) is 1.08. The molecule has 0 bridgehead atoms. The van der Waals surface area contributed by atoms with Gasteiger partial charge in [0.25, 0.3) is 5.91 Å². The minimum absolute atomic E-state index is 0.125. The monoisotopic (exact) mass is 198 g/mol. The number of aromatic nitrogens is 2. The van der Waals surface area contributed by atoms with Gasteiger partial charge in [0.2, 0.25) is 0 Å². The van der Waals surface area contributed by atoms with E-state index in [4.69, 9.17) is 17.3 Å². The fourth-order valence-corrected chi connectivity index (χ4v) is 0.870. The molecule has 0 aliphatic heterocycles. The van der Waals surface area contributed by atoms with Crippen molar-refractivity contribution in [2.45, 2.75) is 0 Å². The highest BCUT2D eigenvalue weighted by Gasteiger charge is 2.17. The van der Waals surface area contributed by atoms with Crippen molar-refractivity contribution in [3.8, 4) is 0 Å². The number of rotatable bonds is 1. The summed E-state index contributed by atoms with van der Waals surface area (Å²) in [5, 5.41) is 0.808. The number of carbonyl (C=O) groups excluding carboxylic acids is 2. The Morgan fingerprint density at radius 3 is 2.50 bits per heavy atom. The molecule has 0 aliphatic rings. The Hall–Kier alpha value is -2.09. The van der Waals surface area contributed by atoms with Crippen LogP contribution < -0.4 is 17.3 Å². The van der Waals surface area contributed by atoms with Gasteiger partial charge in [-0.15, -0.1) is 0 Å². The summed E-state index contributed by atoms with van der Waals surface area (Å²) in [6, 6.07) is -0.609. The predicted molar refractivity (Wildman–Crippen MR) is 47.9 cm³/mol. The van der Waals surface area contributed by atoms with Gasteiger partial charge in [-0.1, -0.05) is 0 Å². The number of nitrogens with two attached hydrogens (primary N) is 3. The molecule has 6 N–H and O–H groups in total. The number of nitrogens with zero attached hydrogens (tertiary/aromatic N) is 3. The highest BCUT2D eigenvalue weighted by molar-refractivity contribution is 5.97. The van der Waals surface area contributed by atoms with Gasteiger partial charge in [-0.25, -0.2) is 20.2 Å². The molecule has 0 aliphatic carbocycles. The molecule has 0 fully saturated rings. The van der Waals surface area contributed by atoms with Gasteiger partial charge in [0, 0.05) is 7.05 Å². The van der Waals surface area contributed by atoms with Crippen LogP contribution in [0.2, 0.25) is 0 Å². The second-order valence-corrected chi connectivity index (χ2v) is 2.61.